The van der Waals surface area contributed by atoms with Crippen LogP contribution in [0, 0.1) is 5.92 Å². The summed E-state index contributed by atoms with van der Waals surface area (Å²) in [6.45, 7) is 4.71. The van der Waals surface area contributed by atoms with Gasteiger partial charge in [0.2, 0.25) is 0 Å². The molecule has 1 saturated carbocycles. The number of likely N-dealkylation sites (N-methyl/N-ethyl adjacent to an activating group) is 1. The minimum atomic E-state index is 0.430. The zero-order chi connectivity index (χ0) is 13.0. The van der Waals surface area contributed by atoms with E-state index in [1.54, 1.807) is 0 Å². The average molecular weight is 254 g/mol. The van der Waals surface area contributed by atoms with Gasteiger partial charge in [-0.1, -0.05) is 26.2 Å². The Morgan fingerprint density at radius 1 is 1.11 bits per heavy atom. The first-order chi connectivity index (χ1) is 8.76. The summed E-state index contributed by atoms with van der Waals surface area (Å²) in [5.74, 6) is 0.713. The van der Waals surface area contributed by atoms with E-state index in [0.29, 0.717) is 18.1 Å². The smallest absolute Gasteiger partial charge is 0.0724 e. The maximum Gasteiger partial charge on any atom is 0.0724 e. The van der Waals surface area contributed by atoms with Crippen molar-refractivity contribution < 1.29 is 4.74 Å². The Kier molecular flexibility index (Phi) is 5.46. The average Bonchev–Trinajstić information content (AvgIpc) is 2.64. The van der Waals surface area contributed by atoms with E-state index in [9.17, 15) is 0 Å². The number of likely N-dealkylation sites (tertiary alicyclic amines) is 1. The van der Waals surface area contributed by atoms with Gasteiger partial charge in [0.1, 0.15) is 0 Å². The zero-order valence-corrected chi connectivity index (χ0v) is 12.3. The van der Waals surface area contributed by atoms with Gasteiger partial charge in [0, 0.05) is 25.7 Å². The molecule has 1 heterocycles. The molecular weight excluding hydrogens is 224 g/mol. The second kappa shape index (κ2) is 6.88. The van der Waals surface area contributed by atoms with Crippen molar-refractivity contribution in [2.75, 3.05) is 27.2 Å². The first-order valence-electron chi connectivity index (χ1n) is 7.70. The Morgan fingerprint density at radius 2 is 1.89 bits per heavy atom. The highest BCUT2D eigenvalue weighted by molar-refractivity contribution is 4.90. The summed E-state index contributed by atoms with van der Waals surface area (Å²) >= 11 is 0. The summed E-state index contributed by atoms with van der Waals surface area (Å²) in [6.07, 6.45) is 8.60. The van der Waals surface area contributed by atoms with E-state index in [2.05, 4.69) is 24.2 Å². The van der Waals surface area contributed by atoms with E-state index in [4.69, 9.17) is 4.74 Å². The van der Waals surface area contributed by atoms with Gasteiger partial charge in [0.15, 0.2) is 0 Å². The van der Waals surface area contributed by atoms with E-state index in [1.165, 1.54) is 45.1 Å². The predicted octanol–water partition coefficient (Wildman–Crippen LogP) is 2.26. The lowest BCUT2D eigenvalue weighted by atomic mass is 9.92. The third-order valence-corrected chi connectivity index (χ3v) is 5.04. The number of nitrogens with one attached hydrogen (secondary N) is 1. The molecule has 1 saturated heterocycles. The maximum atomic E-state index is 5.66. The first kappa shape index (κ1) is 14.3. The van der Waals surface area contributed by atoms with Crippen LogP contribution in [0.15, 0.2) is 0 Å². The molecule has 1 aliphatic heterocycles. The molecule has 2 fully saturated rings. The molecule has 4 atom stereocenters. The highest BCUT2D eigenvalue weighted by Gasteiger charge is 2.33. The van der Waals surface area contributed by atoms with Crippen molar-refractivity contribution in [2.24, 2.45) is 5.92 Å². The lowest BCUT2D eigenvalue weighted by Gasteiger charge is -2.43. The Morgan fingerprint density at radius 3 is 2.61 bits per heavy atom. The van der Waals surface area contributed by atoms with Crippen LogP contribution >= 0.6 is 0 Å². The van der Waals surface area contributed by atoms with Gasteiger partial charge in [-0.15, -0.1) is 0 Å². The van der Waals surface area contributed by atoms with Crippen molar-refractivity contribution in [1.82, 2.24) is 10.2 Å². The summed E-state index contributed by atoms with van der Waals surface area (Å²) in [4.78, 5) is 2.70. The molecule has 0 spiro atoms. The minimum absolute atomic E-state index is 0.430. The molecule has 1 aliphatic carbocycles. The zero-order valence-electron chi connectivity index (χ0n) is 12.3. The quantitative estimate of drug-likeness (QED) is 0.782. The molecule has 0 bridgehead atoms. The molecule has 2 rings (SSSR count). The standard InChI is InChI=1S/C15H30N2O/c1-12-9-10-17(11-15(12)18-3)14-8-6-4-5-7-13(14)16-2/h12-16H,4-11H2,1-3H3. The first-order valence-corrected chi connectivity index (χ1v) is 7.70. The van der Waals surface area contributed by atoms with Crippen molar-refractivity contribution >= 4 is 0 Å². The van der Waals surface area contributed by atoms with Crippen molar-refractivity contribution in [3.05, 3.63) is 0 Å². The van der Waals surface area contributed by atoms with E-state index >= 15 is 0 Å². The van der Waals surface area contributed by atoms with Crippen molar-refractivity contribution in [3.8, 4) is 0 Å². The Balaban J connectivity index is 1.99. The van der Waals surface area contributed by atoms with Gasteiger partial charge in [-0.2, -0.15) is 0 Å². The number of hydrogen-bond donors (Lipinski definition) is 1. The molecular formula is C15H30N2O. The second-order valence-electron chi connectivity index (χ2n) is 6.14. The predicted molar refractivity (Wildman–Crippen MR) is 75.9 cm³/mol. The molecule has 106 valence electrons. The van der Waals surface area contributed by atoms with Gasteiger partial charge < -0.3 is 10.1 Å². The van der Waals surface area contributed by atoms with Crippen LogP contribution in [0.1, 0.15) is 45.4 Å². The number of nitrogens with zero attached hydrogens (tertiary/aromatic N) is 1. The minimum Gasteiger partial charge on any atom is -0.380 e. The number of methoxy groups -OCH3 is 1. The van der Waals surface area contributed by atoms with E-state index < -0.39 is 0 Å². The fourth-order valence-electron chi connectivity index (χ4n) is 3.73. The Bertz CT molecular complexity index is 247. The molecule has 4 unspecified atom stereocenters. The van der Waals surface area contributed by atoms with Crippen LogP contribution in [0.3, 0.4) is 0 Å². The molecule has 3 heteroatoms. The summed E-state index contributed by atoms with van der Waals surface area (Å²) in [6, 6.07) is 1.40. The highest BCUT2D eigenvalue weighted by atomic mass is 16.5. The SMILES string of the molecule is CNC1CCCCCC1N1CCC(C)C(OC)C1. The summed E-state index contributed by atoms with van der Waals surface area (Å²) < 4.78 is 5.66. The molecule has 0 aromatic carbocycles. The summed E-state index contributed by atoms with van der Waals surface area (Å²) in [5, 5.41) is 3.55. The monoisotopic (exact) mass is 254 g/mol. The third-order valence-electron chi connectivity index (χ3n) is 5.04. The topological polar surface area (TPSA) is 24.5 Å². The fourth-order valence-corrected chi connectivity index (χ4v) is 3.73. The largest absolute Gasteiger partial charge is 0.380 e. The van der Waals surface area contributed by atoms with E-state index in [0.717, 1.165) is 12.6 Å². The highest BCUT2D eigenvalue weighted by Crippen LogP contribution is 2.27. The van der Waals surface area contributed by atoms with E-state index in [1.807, 2.05) is 7.11 Å². The van der Waals surface area contributed by atoms with Crippen molar-refractivity contribution in [3.63, 3.8) is 0 Å². The molecule has 2 aliphatic rings. The van der Waals surface area contributed by atoms with Gasteiger partial charge >= 0.3 is 0 Å². The number of piperidine rings is 1. The van der Waals surface area contributed by atoms with Gasteiger partial charge in [-0.3, -0.25) is 4.90 Å². The van der Waals surface area contributed by atoms with Gasteiger partial charge in [0.05, 0.1) is 6.10 Å². The van der Waals surface area contributed by atoms with Crippen LogP contribution in [0.2, 0.25) is 0 Å². The summed E-state index contributed by atoms with van der Waals surface area (Å²) in [7, 11) is 4.00. The molecule has 3 nitrogen and oxygen atoms in total. The number of ether oxygens (including phenoxy) is 1. The molecule has 0 aromatic heterocycles. The lowest BCUT2D eigenvalue weighted by molar-refractivity contribution is -0.0252. The number of hydrogen-bond acceptors (Lipinski definition) is 3. The van der Waals surface area contributed by atoms with Crippen LogP contribution in [-0.4, -0.2) is 50.3 Å². The molecule has 0 radical (unpaired) electrons. The number of rotatable bonds is 3. The maximum absolute atomic E-state index is 5.66. The third kappa shape index (κ3) is 3.25. The van der Waals surface area contributed by atoms with Crippen molar-refractivity contribution in [2.45, 2.75) is 63.6 Å². The van der Waals surface area contributed by atoms with E-state index in [-0.39, 0.29) is 0 Å². The van der Waals surface area contributed by atoms with Crippen LogP contribution in [-0.2, 0) is 4.74 Å². The normalized spacial score (nSPS) is 39.5. The van der Waals surface area contributed by atoms with Crippen LogP contribution in [0.5, 0.6) is 0 Å². The van der Waals surface area contributed by atoms with Crippen LogP contribution in [0.4, 0.5) is 0 Å². The Labute approximate surface area is 112 Å². The van der Waals surface area contributed by atoms with Crippen LogP contribution < -0.4 is 5.32 Å². The molecule has 18 heavy (non-hydrogen) atoms. The van der Waals surface area contributed by atoms with Gasteiger partial charge in [-0.25, -0.2) is 0 Å². The second-order valence-corrected chi connectivity index (χ2v) is 6.14. The summed E-state index contributed by atoms with van der Waals surface area (Å²) in [5.41, 5.74) is 0. The van der Waals surface area contributed by atoms with Crippen molar-refractivity contribution in [1.29, 1.82) is 0 Å². The molecule has 1 N–H and O–H groups in total. The van der Waals surface area contributed by atoms with Crippen LogP contribution in [0.25, 0.3) is 0 Å². The van der Waals surface area contributed by atoms with Gasteiger partial charge in [0.25, 0.3) is 0 Å². The lowest BCUT2D eigenvalue weighted by Crippen LogP contribution is -2.54. The molecule has 0 aromatic rings. The molecule has 0 amide bonds. The van der Waals surface area contributed by atoms with Gasteiger partial charge in [-0.05, 0) is 38.8 Å². The Hall–Kier alpha value is -0.120. The fraction of sp³-hybridized carbons (Fsp3) is 1.00.